The third-order valence-corrected chi connectivity index (χ3v) is 3.94. The van der Waals surface area contributed by atoms with E-state index in [1.807, 2.05) is 0 Å². The molecule has 0 atom stereocenters. The molecule has 1 aliphatic heterocycles. The van der Waals surface area contributed by atoms with Gasteiger partial charge in [0.25, 0.3) is 5.69 Å². The van der Waals surface area contributed by atoms with Crippen LogP contribution in [0.1, 0.15) is 34.0 Å². The van der Waals surface area contributed by atoms with Crippen molar-refractivity contribution in [3.05, 3.63) is 62.7 Å². The second-order valence-electron chi connectivity index (χ2n) is 5.83. The van der Waals surface area contributed by atoms with Crippen LogP contribution in [0.2, 0.25) is 0 Å². The van der Waals surface area contributed by atoms with Crippen molar-refractivity contribution in [2.45, 2.75) is 20.3 Å². The SMILES string of the molecule is CC(=O)Cc1cc2c(cc1C(=O)c1ccc([N+](=O)[O-])c(C)c1)OCO2. The lowest BCUT2D eigenvalue weighted by molar-refractivity contribution is -0.385. The van der Waals surface area contributed by atoms with Gasteiger partial charge in [-0.05, 0) is 43.7 Å². The van der Waals surface area contributed by atoms with E-state index in [1.54, 1.807) is 19.1 Å². The van der Waals surface area contributed by atoms with Crippen molar-refractivity contribution in [1.29, 1.82) is 0 Å². The molecule has 25 heavy (non-hydrogen) atoms. The molecular weight excluding hydrogens is 326 g/mol. The summed E-state index contributed by atoms with van der Waals surface area (Å²) in [4.78, 5) is 34.9. The van der Waals surface area contributed by atoms with Gasteiger partial charge >= 0.3 is 0 Å². The van der Waals surface area contributed by atoms with Crippen molar-refractivity contribution >= 4 is 17.3 Å². The lowest BCUT2D eigenvalue weighted by Gasteiger charge is -2.10. The van der Waals surface area contributed by atoms with E-state index in [1.165, 1.54) is 25.1 Å². The Balaban J connectivity index is 2.05. The van der Waals surface area contributed by atoms with Crippen LogP contribution in [-0.2, 0) is 11.2 Å². The Kier molecular flexibility index (Phi) is 4.22. The molecule has 2 aromatic rings. The maximum Gasteiger partial charge on any atom is 0.272 e. The number of ether oxygens (including phenoxy) is 2. The summed E-state index contributed by atoms with van der Waals surface area (Å²) in [5.41, 5.74) is 1.52. The fraction of sp³-hybridized carbons (Fsp3) is 0.222. The number of carbonyl (C=O) groups excluding carboxylic acids is 2. The number of hydrogen-bond donors (Lipinski definition) is 0. The Hall–Kier alpha value is -3.22. The zero-order chi connectivity index (χ0) is 18.1. The van der Waals surface area contributed by atoms with Gasteiger partial charge in [0.2, 0.25) is 6.79 Å². The first-order valence-electron chi connectivity index (χ1n) is 7.58. The van der Waals surface area contributed by atoms with Crippen LogP contribution in [0.4, 0.5) is 5.69 Å². The highest BCUT2D eigenvalue weighted by Gasteiger charge is 2.23. The fourth-order valence-corrected chi connectivity index (χ4v) is 2.77. The molecule has 0 saturated heterocycles. The summed E-state index contributed by atoms with van der Waals surface area (Å²) in [6, 6.07) is 7.38. The van der Waals surface area contributed by atoms with E-state index in [2.05, 4.69) is 0 Å². The van der Waals surface area contributed by atoms with Crippen LogP contribution in [0.25, 0.3) is 0 Å². The number of ketones is 2. The Morgan fingerprint density at radius 2 is 1.84 bits per heavy atom. The van der Waals surface area contributed by atoms with Gasteiger partial charge in [-0.3, -0.25) is 19.7 Å². The van der Waals surface area contributed by atoms with Crippen molar-refractivity contribution in [3.8, 4) is 11.5 Å². The zero-order valence-electron chi connectivity index (χ0n) is 13.7. The molecule has 0 spiro atoms. The van der Waals surface area contributed by atoms with Gasteiger partial charge in [-0.2, -0.15) is 0 Å². The smallest absolute Gasteiger partial charge is 0.272 e. The monoisotopic (exact) mass is 341 g/mol. The van der Waals surface area contributed by atoms with Gasteiger partial charge in [-0.15, -0.1) is 0 Å². The summed E-state index contributed by atoms with van der Waals surface area (Å²) in [5.74, 6) is 0.516. The van der Waals surface area contributed by atoms with Crippen molar-refractivity contribution in [2.24, 2.45) is 0 Å². The number of nitrogens with zero attached hydrogens (tertiary/aromatic N) is 1. The normalized spacial score (nSPS) is 12.1. The third-order valence-electron chi connectivity index (χ3n) is 3.94. The quantitative estimate of drug-likeness (QED) is 0.471. The number of fused-ring (bicyclic) bond motifs is 1. The topological polar surface area (TPSA) is 95.7 Å². The molecule has 0 amide bonds. The first-order valence-corrected chi connectivity index (χ1v) is 7.58. The molecule has 0 N–H and O–H groups in total. The molecule has 7 nitrogen and oxygen atoms in total. The molecule has 1 aliphatic rings. The van der Waals surface area contributed by atoms with Gasteiger partial charge in [0.1, 0.15) is 5.78 Å². The van der Waals surface area contributed by atoms with Crippen LogP contribution in [0.3, 0.4) is 0 Å². The molecule has 3 rings (SSSR count). The van der Waals surface area contributed by atoms with Crippen LogP contribution >= 0.6 is 0 Å². The number of nitro benzene ring substituents is 1. The van der Waals surface area contributed by atoms with Gasteiger partial charge in [-0.1, -0.05) is 0 Å². The lowest BCUT2D eigenvalue weighted by Crippen LogP contribution is -2.09. The molecule has 0 aliphatic carbocycles. The largest absolute Gasteiger partial charge is 0.454 e. The van der Waals surface area contributed by atoms with Crippen molar-refractivity contribution in [1.82, 2.24) is 0 Å². The Morgan fingerprint density at radius 3 is 2.44 bits per heavy atom. The molecule has 0 bridgehead atoms. The molecule has 0 radical (unpaired) electrons. The van der Waals surface area contributed by atoms with Crippen molar-refractivity contribution < 1.29 is 24.0 Å². The minimum atomic E-state index is -0.495. The van der Waals surface area contributed by atoms with E-state index < -0.39 is 4.92 Å². The van der Waals surface area contributed by atoms with Crippen LogP contribution < -0.4 is 9.47 Å². The van der Waals surface area contributed by atoms with Gasteiger partial charge in [0, 0.05) is 29.2 Å². The Labute approximate surface area is 143 Å². The number of aryl methyl sites for hydroxylation is 1. The number of carbonyl (C=O) groups is 2. The minimum absolute atomic E-state index is 0.0498. The van der Waals surface area contributed by atoms with E-state index in [-0.39, 0.29) is 30.5 Å². The molecule has 0 unspecified atom stereocenters. The molecule has 128 valence electrons. The summed E-state index contributed by atoms with van der Waals surface area (Å²) >= 11 is 0. The number of Topliss-reactive ketones (excluding diaryl/α,β-unsaturated/α-hetero) is 1. The molecule has 0 saturated carbocycles. The lowest BCUT2D eigenvalue weighted by atomic mass is 9.94. The van der Waals surface area contributed by atoms with Crippen LogP contribution in [0, 0.1) is 17.0 Å². The average molecular weight is 341 g/mol. The van der Waals surface area contributed by atoms with E-state index in [4.69, 9.17) is 9.47 Å². The standard InChI is InChI=1S/C18H15NO6/c1-10-5-12(3-4-15(10)19(22)23)18(21)14-8-17-16(24-9-25-17)7-13(14)6-11(2)20/h3-5,7-8H,6,9H2,1-2H3. The molecule has 0 aromatic heterocycles. The minimum Gasteiger partial charge on any atom is -0.454 e. The highest BCUT2D eigenvalue weighted by atomic mass is 16.7. The van der Waals surface area contributed by atoms with Gasteiger partial charge in [0.05, 0.1) is 4.92 Å². The Morgan fingerprint density at radius 1 is 1.16 bits per heavy atom. The number of benzene rings is 2. The summed E-state index contributed by atoms with van der Waals surface area (Å²) in [5, 5.41) is 10.9. The van der Waals surface area contributed by atoms with E-state index >= 15 is 0 Å². The van der Waals surface area contributed by atoms with Crippen LogP contribution in [0.15, 0.2) is 30.3 Å². The van der Waals surface area contributed by atoms with Crippen molar-refractivity contribution in [3.63, 3.8) is 0 Å². The van der Waals surface area contributed by atoms with Gasteiger partial charge in [0.15, 0.2) is 17.3 Å². The number of hydrogen-bond acceptors (Lipinski definition) is 6. The summed E-state index contributed by atoms with van der Waals surface area (Å²) < 4.78 is 10.6. The second kappa shape index (κ2) is 6.35. The fourth-order valence-electron chi connectivity index (χ4n) is 2.77. The van der Waals surface area contributed by atoms with Crippen molar-refractivity contribution in [2.75, 3.05) is 6.79 Å². The predicted molar refractivity (Wildman–Crippen MR) is 88.2 cm³/mol. The number of rotatable bonds is 5. The molecular formula is C18H15NO6. The van der Waals surface area contributed by atoms with E-state index in [0.29, 0.717) is 33.8 Å². The molecule has 1 heterocycles. The average Bonchev–Trinajstić information content (AvgIpc) is 2.99. The first-order chi connectivity index (χ1) is 11.9. The van der Waals surface area contributed by atoms with Crippen LogP contribution in [-0.4, -0.2) is 23.3 Å². The molecule has 0 fully saturated rings. The predicted octanol–water partition coefficient (Wildman–Crippen LogP) is 2.99. The Bertz CT molecular complexity index is 903. The maximum atomic E-state index is 12.9. The summed E-state index contributed by atoms with van der Waals surface area (Å²) in [6.45, 7) is 3.07. The van der Waals surface area contributed by atoms with E-state index in [9.17, 15) is 19.7 Å². The maximum absolute atomic E-state index is 12.9. The summed E-state index contributed by atoms with van der Waals surface area (Å²) in [7, 11) is 0. The molecule has 7 heteroatoms. The van der Waals surface area contributed by atoms with Gasteiger partial charge < -0.3 is 9.47 Å². The highest BCUT2D eigenvalue weighted by Crippen LogP contribution is 2.36. The van der Waals surface area contributed by atoms with Crippen LogP contribution in [0.5, 0.6) is 11.5 Å². The molecule has 2 aromatic carbocycles. The summed E-state index contributed by atoms with van der Waals surface area (Å²) in [6.07, 6.45) is 0.0870. The highest BCUT2D eigenvalue weighted by molar-refractivity contribution is 6.11. The number of nitro groups is 1. The zero-order valence-corrected chi connectivity index (χ0v) is 13.7. The first kappa shape index (κ1) is 16.6. The van der Waals surface area contributed by atoms with Gasteiger partial charge in [-0.25, -0.2) is 0 Å². The van der Waals surface area contributed by atoms with E-state index in [0.717, 1.165) is 0 Å². The second-order valence-corrected chi connectivity index (χ2v) is 5.83. The third kappa shape index (κ3) is 3.21.